The molecule has 4 rings (SSSR count). The van der Waals surface area contributed by atoms with Gasteiger partial charge in [0.1, 0.15) is 5.75 Å². The molecule has 0 fully saturated rings. The van der Waals surface area contributed by atoms with E-state index < -0.39 is 5.54 Å². The van der Waals surface area contributed by atoms with Crippen LogP contribution in [-0.2, 0) is 6.42 Å². The Morgan fingerprint density at radius 3 is 2.55 bits per heavy atom. The molecule has 0 spiro atoms. The molecule has 31 heavy (non-hydrogen) atoms. The van der Waals surface area contributed by atoms with Crippen LogP contribution in [0, 0.1) is 0 Å². The average molecular weight is 525 g/mol. The maximum absolute atomic E-state index is 13.1. The molecule has 2 aromatic carbocycles. The highest BCUT2D eigenvalue weighted by Crippen LogP contribution is 2.44. The third-order valence-corrected chi connectivity index (χ3v) is 6.19. The van der Waals surface area contributed by atoms with Gasteiger partial charge in [-0.05, 0) is 65.7 Å². The first-order valence-electron chi connectivity index (χ1n) is 9.52. The summed E-state index contributed by atoms with van der Waals surface area (Å²) in [6.45, 7) is 3.29. The molecule has 1 heterocycles. The average Bonchev–Trinajstić information content (AvgIpc) is 3.23. The molecule has 1 aromatic heterocycles. The van der Waals surface area contributed by atoms with Crippen LogP contribution >= 0.6 is 39.1 Å². The molecular formula is C22H20BrCl2N3O3. The lowest BCUT2D eigenvalue weighted by Gasteiger charge is -2.23. The summed E-state index contributed by atoms with van der Waals surface area (Å²) in [5, 5.41) is 18.0. The number of halogens is 3. The topological polar surface area (TPSA) is 76.4 Å². The van der Waals surface area contributed by atoms with Crippen LogP contribution in [0.1, 0.15) is 35.5 Å². The molecule has 1 aliphatic rings. The zero-order valence-corrected chi connectivity index (χ0v) is 20.2. The van der Waals surface area contributed by atoms with Crippen molar-refractivity contribution in [2.45, 2.75) is 25.8 Å². The van der Waals surface area contributed by atoms with Gasteiger partial charge in [-0.1, -0.05) is 23.2 Å². The van der Waals surface area contributed by atoms with Gasteiger partial charge in [0, 0.05) is 27.6 Å². The number of carbonyl (C=O) groups is 1. The second-order valence-corrected chi connectivity index (χ2v) is 9.76. The van der Waals surface area contributed by atoms with Crippen molar-refractivity contribution in [3.63, 3.8) is 0 Å². The summed E-state index contributed by atoms with van der Waals surface area (Å²) in [7, 11) is 1.61. The maximum atomic E-state index is 13.1. The fourth-order valence-electron chi connectivity index (χ4n) is 3.64. The van der Waals surface area contributed by atoms with Crippen molar-refractivity contribution in [3.05, 3.63) is 61.7 Å². The highest BCUT2D eigenvalue weighted by molar-refractivity contribution is 9.10. The molecule has 9 heteroatoms. The van der Waals surface area contributed by atoms with Crippen LogP contribution in [0.3, 0.4) is 0 Å². The van der Waals surface area contributed by atoms with E-state index in [-0.39, 0.29) is 12.5 Å². The van der Waals surface area contributed by atoms with E-state index in [4.69, 9.17) is 27.9 Å². The highest BCUT2D eigenvalue weighted by Gasteiger charge is 2.33. The molecule has 0 radical (unpaired) electrons. The van der Waals surface area contributed by atoms with Crippen LogP contribution < -0.4 is 10.1 Å². The predicted octanol–water partition coefficient (Wildman–Crippen LogP) is 5.02. The highest BCUT2D eigenvalue weighted by atomic mass is 79.9. The summed E-state index contributed by atoms with van der Waals surface area (Å²) in [5.74, 6) is 0.350. The minimum atomic E-state index is -0.787. The van der Waals surface area contributed by atoms with E-state index in [0.29, 0.717) is 33.6 Å². The summed E-state index contributed by atoms with van der Waals surface area (Å²) in [6, 6.07) is 9.05. The van der Waals surface area contributed by atoms with Crippen molar-refractivity contribution >= 4 is 45.0 Å². The quantitative estimate of drug-likeness (QED) is 0.384. The summed E-state index contributed by atoms with van der Waals surface area (Å²) >= 11 is 16.0. The first kappa shape index (κ1) is 22.1. The molecule has 0 bridgehead atoms. The Morgan fingerprint density at radius 2 is 1.94 bits per heavy atom. The van der Waals surface area contributed by atoms with Crippen molar-refractivity contribution in [2.75, 3.05) is 13.7 Å². The predicted molar refractivity (Wildman–Crippen MR) is 125 cm³/mol. The number of aliphatic hydroxyl groups is 1. The lowest BCUT2D eigenvalue weighted by molar-refractivity contribution is 0.0863. The zero-order chi connectivity index (χ0) is 22.5. The van der Waals surface area contributed by atoms with E-state index in [1.165, 1.54) is 0 Å². The van der Waals surface area contributed by atoms with E-state index >= 15 is 0 Å². The van der Waals surface area contributed by atoms with Gasteiger partial charge >= 0.3 is 0 Å². The maximum Gasteiger partial charge on any atom is 0.272 e. The summed E-state index contributed by atoms with van der Waals surface area (Å²) in [6.07, 6.45) is 0.519. The van der Waals surface area contributed by atoms with Gasteiger partial charge in [0.15, 0.2) is 5.69 Å². The van der Waals surface area contributed by atoms with Crippen LogP contribution in [0.4, 0.5) is 0 Å². The molecule has 1 amide bonds. The number of fused-ring (bicyclic) bond motifs is 3. The third kappa shape index (κ3) is 4.07. The minimum Gasteiger partial charge on any atom is -0.496 e. The third-order valence-electron chi connectivity index (χ3n) is 5.14. The molecule has 3 aromatic rings. The molecular weight excluding hydrogens is 505 g/mol. The van der Waals surface area contributed by atoms with Crippen LogP contribution in [-0.4, -0.2) is 40.0 Å². The molecule has 162 valence electrons. The fourth-order valence-corrected chi connectivity index (χ4v) is 4.66. The second kappa shape index (κ2) is 8.13. The minimum absolute atomic E-state index is 0.199. The van der Waals surface area contributed by atoms with Crippen LogP contribution in [0.15, 0.2) is 34.8 Å². The van der Waals surface area contributed by atoms with Gasteiger partial charge in [-0.3, -0.25) is 4.79 Å². The lowest BCUT2D eigenvalue weighted by Crippen LogP contribution is -2.46. The summed E-state index contributed by atoms with van der Waals surface area (Å²) in [5.41, 5.74) is 3.69. The van der Waals surface area contributed by atoms with Crippen molar-refractivity contribution in [3.8, 4) is 22.7 Å². The molecule has 0 atom stereocenters. The number of amides is 1. The Bertz CT molecular complexity index is 1190. The van der Waals surface area contributed by atoms with E-state index in [2.05, 4.69) is 26.3 Å². The number of hydrogen-bond acceptors (Lipinski definition) is 4. The van der Waals surface area contributed by atoms with E-state index in [9.17, 15) is 9.90 Å². The van der Waals surface area contributed by atoms with Crippen molar-refractivity contribution in [2.24, 2.45) is 0 Å². The number of rotatable bonds is 5. The Kier molecular flexibility index (Phi) is 5.81. The van der Waals surface area contributed by atoms with Crippen molar-refractivity contribution in [1.29, 1.82) is 0 Å². The van der Waals surface area contributed by atoms with Gasteiger partial charge in [0.2, 0.25) is 0 Å². The van der Waals surface area contributed by atoms with Crippen LogP contribution in [0.2, 0.25) is 10.0 Å². The van der Waals surface area contributed by atoms with Gasteiger partial charge in [-0.25, -0.2) is 4.68 Å². The number of ether oxygens (including phenoxy) is 1. The molecule has 0 saturated heterocycles. The second-order valence-electron chi connectivity index (χ2n) is 8.03. The van der Waals surface area contributed by atoms with Gasteiger partial charge in [-0.15, -0.1) is 0 Å². The Labute approximate surface area is 198 Å². The molecule has 1 aliphatic carbocycles. The van der Waals surface area contributed by atoms with Gasteiger partial charge in [0.25, 0.3) is 5.91 Å². The lowest BCUT2D eigenvalue weighted by atomic mass is 10.1. The van der Waals surface area contributed by atoms with Gasteiger partial charge < -0.3 is 15.2 Å². The van der Waals surface area contributed by atoms with Crippen molar-refractivity contribution in [1.82, 2.24) is 15.1 Å². The first-order valence-corrected chi connectivity index (χ1v) is 11.1. The molecule has 0 unspecified atom stereocenters. The number of nitrogens with one attached hydrogen (secondary N) is 1. The Morgan fingerprint density at radius 1 is 1.26 bits per heavy atom. The van der Waals surface area contributed by atoms with Crippen molar-refractivity contribution < 1.29 is 14.6 Å². The number of nitrogens with zero attached hydrogens (tertiary/aromatic N) is 2. The number of aliphatic hydroxyl groups excluding tert-OH is 1. The summed E-state index contributed by atoms with van der Waals surface area (Å²) < 4.78 is 7.93. The molecule has 0 aliphatic heterocycles. The largest absolute Gasteiger partial charge is 0.496 e. The van der Waals surface area contributed by atoms with E-state index in [1.54, 1.807) is 43.8 Å². The Balaban J connectivity index is 1.93. The normalized spacial score (nSPS) is 12.5. The molecule has 2 N–H and O–H groups in total. The van der Waals surface area contributed by atoms with Gasteiger partial charge in [-0.2, -0.15) is 5.10 Å². The summed E-state index contributed by atoms with van der Waals surface area (Å²) in [4.78, 5) is 13.1. The van der Waals surface area contributed by atoms with E-state index in [1.807, 2.05) is 12.1 Å². The monoisotopic (exact) mass is 523 g/mol. The van der Waals surface area contributed by atoms with Gasteiger partial charge in [0.05, 0.1) is 35.1 Å². The van der Waals surface area contributed by atoms with E-state index in [0.717, 1.165) is 26.9 Å². The fraction of sp³-hybridized carbons (Fsp3) is 0.273. The molecule has 0 saturated carbocycles. The Hall–Kier alpha value is -2.06. The van der Waals surface area contributed by atoms with Crippen LogP contribution in [0.5, 0.6) is 5.75 Å². The smallest absolute Gasteiger partial charge is 0.272 e. The molecule has 6 nitrogen and oxygen atoms in total. The number of methoxy groups -OCH3 is 1. The number of aromatic nitrogens is 2. The number of hydrogen-bond donors (Lipinski definition) is 2. The standard InChI is InChI=1S/C22H20BrCl2N3O3/c1-22(2,10-29)26-21(30)19-16-4-11-5-18(31-3)17(23)9-15(11)20(16)28(27-19)14-7-12(24)6-13(25)8-14/h5-9,29H,4,10H2,1-3H3,(H,26,30). The number of carbonyl (C=O) groups excluding carboxylic acids is 1. The zero-order valence-electron chi connectivity index (χ0n) is 17.1. The SMILES string of the molecule is COc1cc2c(cc1Br)-c1c(c(C(=O)NC(C)(C)CO)nn1-c1cc(Cl)cc(Cl)c1)C2. The first-order chi connectivity index (χ1) is 14.6. The van der Waals surface area contributed by atoms with Crippen LogP contribution in [0.25, 0.3) is 16.9 Å². The number of benzene rings is 2.